The molecule has 1 aromatic carbocycles. The van der Waals surface area contributed by atoms with Crippen LogP contribution in [0.4, 0.5) is 0 Å². The Bertz CT molecular complexity index is 546. The van der Waals surface area contributed by atoms with Gasteiger partial charge in [0.25, 0.3) is 0 Å². The van der Waals surface area contributed by atoms with Crippen LogP contribution in [0.3, 0.4) is 0 Å². The van der Waals surface area contributed by atoms with Crippen molar-refractivity contribution in [3.8, 4) is 0 Å². The number of fused-ring (bicyclic) bond motifs is 1. The van der Waals surface area contributed by atoms with Gasteiger partial charge in [0.15, 0.2) is 0 Å². The molecule has 1 aromatic heterocycles. The summed E-state index contributed by atoms with van der Waals surface area (Å²) < 4.78 is 2.04. The highest BCUT2D eigenvalue weighted by molar-refractivity contribution is 6.32. The molecule has 1 heterocycles. The molecule has 2 rings (SSSR count). The van der Waals surface area contributed by atoms with E-state index in [1.54, 1.807) is 6.92 Å². The van der Waals surface area contributed by atoms with Crippen LogP contribution in [0.5, 0.6) is 0 Å². The molecule has 0 radical (unpaired) electrons. The molecule has 1 atom stereocenters. The molecule has 0 amide bonds. The summed E-state index contributed by atoms with van der Waals surface area (Å²) in [6, 6.07) is 3.96. The van der Waals surface area contributed by atoms with Crippen LogP contribution in [0.25, 0.3) is 10.9 Å². The molecular formula is C13H17ClN2O. The van der Waals surface area contributed by atoms with Crippen LogP contribution >= 0.6 is 11.6 Å². The van der Waals surface area contributed by atoms with Gasteiger partial charge < -0.3 is 15.4 Å². The van der Waals surface area contributed by atoms with Crippen LogP contribution in [0.1, 0.15) is 24.2 Å². The fraction of sp³-hybridized carbons (Fsp3) is 0.385. The number of aromatic nitrogens is 1. The molecule has 92 valence electrons. The van der Waals surface area contributed by atoms with Crippen molar-refractivity contribution in [1.82, 2.24) is 4.57 Å². The predicted octanol–water partition coefficient (Wildman–Crippen LogP) is 2.62. The molecule has 3 nitrogen and oxygen atoms in total. The fourth-order valence-electron chi connectivity index (χ4n) is 2.10. The molecule has 0 bridgehead atoms. The molecule has 17 heavy (non-hydrogen) atoms. The Balaban J connectivity index is 2.72. The van der Waals surface area contributed by atoms with Gasteiger partial charge in [-0.25, -0.2) is 0 Å². The maximum atomic E-state index is 9.79. The van der Waals surface area contributed by atoms with Crippen LogP contribution < -0.4 is 5.73 Å². The highest BCUT2D eigenvalue weighted by atomic mass is 35.5. The lowest BCUT2D eigenvalue weighted by Gasteiger charge is -2.04. The zero-order valence-electron chi connectivity index (χ0n) is 10.1. The smallest absolute Gasteiger partial charge is 0.0782 e. The van der Waals surface area contributed by atoms with Gasteiger partial charge in [0.1, 0.15) is 0 Å². The highest BCUT2D eigenvalue weighted by Crippen LogP contribution is 2.30. The third kappa shape index (κ3) is 2.18. The summed E-state index contributed by atoms with van der Waals surface area (Å²) in [5.74, 6) is 0. The Kier molecular flexibility index (Phi) is 3.43. The van der Waals surface area contributed by atoms with Crippen molar-refractivity contribution in [3.63, 3.8) is 0 Å². The topological polar surface area (TPSA) is 51.2 Å². The van der Waals surface area contributed by atoms with E-state index in [0.717, 1.165) is 33.6 Å². The average Bonchev–Trinajstić information content (AvgIpc) is 2.59. The summed E-state index contributed by atoms with van der Waals surface area (Å²) in [7, 11) is 0. The molecule has 3 N–H and O–H groups in total. The molecule has 0 saturated carbocycles. The maximum absolute atomic E-state index is 9.79. The molecular weight excluding hydrogens is 236 g/mol. The second kappa shape index (κ2) is 4.69. The van der Waals surface area contributed by atoms with Crippen molar-refractivity contribution in [2.75, 3.05) is 6.54 Å². The minimum atomic E-state index is -0.489. The molecule has 4 heteroatoms. The van der Waals surface area contributed by atoms with E-state index in [1.807, 2.05) is 29.8 Å². The van der Waals surface area contributed by atoms with Gasteiger partial charge in [0.2, 0.25) is 0 Å². The summed E-state index contributed by atoms with van der Waals surface area (Å²) in [6.07, 6.45) is 1.47. The fourth-order valence-corrected chi connectivity index (χ4v) is 2.26. The maximum Gasteiger partial charge on any atom is 0.0782 e. The van der Waals surface area contributed by atoms with Crippen molar-refractivity contribution >= 4 is 22.5 Å². The number of rotatable bonds is 3. The van der Waals surface area contributed by atoms with Gasteiger partial charge >= 0.3 is 0 Å². The van der Waals surface area contributed by atoms with E-state index in [0.29, 0.717) is 6.54 Å². The third-order valence-electron chi connectivity index (χ3n) is 3.01. The van der Waals surface area contributed by atoms with Crippen LogP contribution in [0.15, 0.2) is 18.3 Å². The Morgan fingerprint density at radius 1 is 1.47 bits per heavy atom. The highest BCUT2D eigenvalue weighted by Gasteiger charge is 2.13. The van der Waals surface area contributed by atoms with Crippen molar-refractivity contribution in [1.29, 1.82) is 0 Å². The third-order valence-corrected chi connectivity index (χ3v) is 3.42. The van der Waals surface area contributed by atoms with Gasteiger partial charge in [-0.3, -0.25) is 0 Å². The number of nitrogens with zero attached hydrogens (tertiary/aromatic N) is 1. The minimum Gasteiger partial charge on any atom is -0.389 e. The van der Waals surface area contributed by atoms with Gasteiger partial charge in [-0.15, -0.1) is 0 Å². The Labute approximate surface area is 106 Å². The Morgan fingerprint density at radius 3 is 2.76 bits per heavy atom. The summed E-state index contributed by atoms with van der Waals surface area (Å²) in [5.41, 5.74) is 8.56. The summed E-state index contributed by atoms with van der Waals surface area (Å²) >= 11 is 6.14. The van der Waals surface area contributed by atoms with E-state index >= 15 is 0 Å². The molecule has 0 aliphatic heterocycles. The molecule has 0 saturated heterocycles. The first-order valence-corrected chi connectivity index (χ1v) is 6.09. The van der Waals surface area contributed by atoms with E-state index in [-0.39, 0.29) is 0 Å². The van der Waals surface area contributed by atoms with Crippen LogP contribution in [-0.2, 0) is 6.54 Å². The molecule has 0 aliphatic carbocycles. The standard InChI is InChI=1S/C13H17ClN2O/c1-8-5-10-11(9(2)17)7-16(4-3-15)13(10)6-12(8)14/h5-7,9,17H,3-4,15H2,1-2H3. The van der Waals surface area contributed by atoms with Crippen molar-refractivity contribution < 1.29 is 5.11 Å². The van der Waals surface area contributed by atoms with Gasteiger partial charge in [-0.1, -0.05) is 11.6 Å². The van der Waals surface area contributed by atoms with Crippen LogP contribution in [-0.4, -0.2) is 16.2 Å². The largest absolute Gasteiger partial charge is 0.389 e. The van der Waals surface area contributed by atoms with E-state index in [9.17, 15) is 5.11 Å². The molecule has 0 aliphatic rings. The second-order valence-corrected chi connectivity index (χ2v) is 4.77. The second-order valence-electron chi connectivity index (χ2n) is 4.36. The Morgan fingerprint density at radius 2 is 2.18 bits per heavy atom. The first-order chi connectivity index (χ1) is 8.04. The summed E-state index contributed by atoms with van der Waals surface area (Å²) in [5, 5.41) is 11.6. The quantitative estimate of drug-likeness (QED) is 0.882. The van der Waals surface area contributed by atoms with Crippen LogP contribution in [0.2, 0.25) is 5.02 Å². The first kappa shape index (κ1) is 12.4. The lowest BCUT2D eigenvalue weighted by molar-refractivity contribution is 0.200. The zero-order valence-corrected chi connectivity index (χ0v) is 10.8. The van der Waals surface area contributed by atoms with E-state index in [2.05, 4.69) is 0 Å². The lowest BCUT2D eigenvalue weighted by Crippen LogP contribution is -2.08. The zero-order chi connectivity index (χ0) is 12.6. The SMILES string of the molecule is Cc1cc2c(C(C)O)cn(CCN)c2cc1Cl. The van der Waals surface area contributed by atoms with Gasteiger partial charge in [-0.2, -0.15) is 0 Å². The number of aryl methyl sites for hydroxylation is 1. The van der Waals surface area contributed by atoms with E-state index in [1.165, 1.54) is 0 Å². The monoisotopic (exact) mass is 252 g/mol. The molecule has 2 aromatic rings. The van der Waals surface area contributed by atoms with E-state index < -0.39 is 6.10 Å². The lowest BCUT2D eigenvalue weighted by atomic mass is 10.1. The number of halogens is 1. The summed E-state index contributed by atoms with van der Waals surface area (Å²) in [6.45, 7) is 5.02. The number of hydrogen-bond donors (Lipinski definition) is 2. The first-order valence-electron chi connectivity index (χ1n) is 5.71. The number of aliphatic hydroxyl groups is 1. The van der Waals surface area contributed by atoms with Crippen molar-refractivity contribution in [2.24, 2.45) is 5.73 Å². The van der Waals surface area contributed by atoms with Crippen molar-refractivity contribution in [2.45, 2.75) is 26.5 Å². The average molecular weight is 253 g/mol. The molecule has 1 unspecified atom stereocenters. The predicted molar refractivity (Wildman–Crippen MR) is 71.4 cm³/mol. The number of benzene rings is 1. The molecule has 0 spiro atoms. The summed E-state index contributed by atoms with van der Waals surface area (Å²) in [4.78, 5) is 0. The minimum absolute atomic E-state index is 0.489. The molecule has 0 fully saturated rings. The van der Waals surface area contributed by atoms with Gasteiger partial charge in [-0.05, 0) is 31.5 Å². The number of hydrogen-bond acceptors (Lipinski definition) is 2. The van der Waals surface area contributed by atoms with Crippen molar-refractivity contribution in [3.05, 3.63) is 34.5 Å². The van der Waals surface area contributed by atoms with Crippen LogP contribution in [0, 0.1) is 6.92 Å². The normalized spacial score (nSPS) is 13.2. The number of aliphatic hydroxyl groups excluding tert-OH is 1. The van der Waals surface area contributed by atoms with Gasteiger partial charge in [0, 0.05) is 40.8 Å². The van der Waals surface area contributed by atoms with Gasteiger partial charge in [0.05, 0.1) is 6.10 Å². The Hall–Kier alpha value is -1.03. The number of nitrogens with two attached hydrogens (primary N) is 1. The van der Waals surface area contributed by atoms with E-state index in [4.69, 9.17) is 17.3 Å².